The van der Waals surface area contributed by atoms with Crippen LogP contribution in [0.2, 0.25) is 0 Å². The number of rotatable bonds is 9. The Bertz CT molecular complexity index is 511. The molecule has 1 aromatic carbocycles. The molecule has 0 unspecified atom stereocenters. The van der Waals surface area contributed by atoms with E-state index < -0.39 is 5.97 Å². The summed E-state index contributed by atoms with van der Waals surface area (Å²) in [4.78, 5) is 12.7. The Balaban J connectivity index is 2.80. The molecule has 1 aromatic rings. The van der Waals surface area contributed by atoms with Gasteiger partial charge in [0, 0.05) is 4.90 Å². The summed E-state index contributed by atoms with van der Waals surface area (Å²) in [6.07, 6.45) is 4.92. The summed E-state index contributed by atoms with van der Waals surface area (Å²) >= 11 is 1.77. The number of methoxy groups -OCH3 is 1. The highest BCUT2D eigenvalue weighted by atomic mass is 32.2. The van der Waals surface area contributed by atoms with Crippen molar-refractivity contribution in [3.8, 4) is 5.75 Å². The minimum absolute atomic E-state index is 0.00114. The van der Waals surface area contributed by atoms with Crippen LogP contribution >= 0.6 is 11.8 Å². The van der Waals surface area contributed by atoms with Crippen LogP contribution in [-0.4, -0.2) is 30.5 Å². The molecule has 0 atom stereocenters. The molecule has 0 saturated carbocycles. The van der Waals surface area contributed by atoms with Crippen molar-refractivity contribution in [2.24, 2.45) is 0 Å². The first-order chi connectivity index (χ1) is 10.6. The van der Waals surface area contributed by atoms with Crippen LogP contribution in [-0.2, 0) is 9.53 Å². The molecule has 22 heavy (non-hydrogen) atoms. The smallest absolute Gasteiger partial charge is 0.373 e. The Morgan fingerprint density at radius 3 is 2.77 bits per heavy atom. The van der Waals surface area contributed by atoms with Crippen molar-refractivity contribution in [3.63, 3.8) is 0 Å². The zero-order valence-corrected chi connectivity index (χ0v) is 14.2. The number of unbranched alkanes of at least 4 members (excludes halogenated alkanes) is 2. The number of carbonyl (C=O) groups excluding carboxylic acids is 1. The number of hydrogen-bond donors (Lipinski definition) is 1. The van der Waals surface area contributed by atoms with Crippen LogP contribution in [0.3, 0.4) is 0 Å². The molecule has 1 rings (SSSR count). The van der Waals surface area contributed by atoms with E-state index >= 15 is 0 Å². The zero-order chi connectivity index (χ0) is 16.4. The van der Waals surface area contributed by atoms with Crippen LogP contribution in [0.15, 0.2) is 34.9 Å². The summed E-state index contributed by atoms with van der Waals surface area (Å²) in [5.74, 6) is 1.06. The van der Waals surface area contributed by atoms with E-state index in [9.17, 15) is 4.79 Å². The van der Waals surface area contributed by atoms with E-state index in [0.29, 0.717) is 5.75 Å². The van der Waals surface area contributed by atoms with Gasteiger partial charge >= 0.3 is 5.97 Å². The summed E-state index contributed by atoms with van der Waals surface area (Å²) in [6, 6.07) is 5.93. The second-order valence-electron chi connectivity index (χ2n) is 4.83. The number of aliphatic hydroxyl groups excluding tert-OH is 1. The third-order valence-electron chi connectivity index (χ3n) is 3.06. The first-order valence-corrected chi connectivity index (χ1v) is 8.41. The molecule has 1 N–H and O–H groups in total. The van der Waals surface area contributed by atoms with E-state index in [0.717, 1.165) is 16.2 Å². The predicted octanol–water partition coefficient (Wildman–Crippen LogP) is 3.71. The first kappa shape index (κ1) is 18.6. The van der Waals surface area contributed by atoms with Crippen molar-refractivity contribution in [2.75, 3.05) is 19.5 Å². The Labute approximate surface area is 136 Å². The molecule has 0 radical (unpaired) electrons. The molecule has 0 aromatic heterocycles. The van der Waals surface area contributed by atoms with Gasteiger partial charge in [-0.05, 0) is 42.9 Å². The quantitative estimate of drug-likeness (QED) is 0.247. The fourth-order valence-corrected chi connectivity index (χ4v) is 2.73. The number of esters is 1. The molecular formula is C17H24O4S. The van der Waals surface area contributed by atoms with Gasteiger partial charge in [-0.2, -0.15) is 0 Å². The fourth-order valence-electron chi connectivity index (χ4n) is 1.79. The molecule has 5 heteroatoms. The lowest BCUT2D eigenvalue weighted by Crippen LogP contribution is -2.12. The van der Waals surface area contributed by atoms with E-state index in [-0.39, 0.29) is 12.4 Å². The summed E-state index contributed by atoms with van der Waals surface area (Å²) < 4.78 is 10.3. The van der Waals surface area contributed by atoms with E-state index in [2.05, 4.69) is 11.7 Å². The lowest BCUT2D eigenvalue weighted by atomic mass is 10.2. The summed E-state index contributed by atoms with van der Waals surface area (Å²) in [7, 11) is 1.28. The van der Waals surface area contributed by atoms with Gasteiger partial charge in [0.1, 0.15) is 5.75 Å². The van der Waals surface area contributed by atoms with Gasteiger partial charge in [-0.15, -0.1) is 11.8 Å². The Hall–Kier alpha value is -1.46. The zero-order valence-electron chi connectivity index (χ0n) is 13.4. The van der Waals surface area contributed by atoms with Crippen LogP contribution in [0.4, 0.5) is 0 Å². The molecule has 0 amide bonds. The van der Waals surface area contributed by atoms with Crippen molar-refractivity contribution in [2.45, 2.75) is 38.0 Å². The molecule has 0 fully saturated rings. The highest BCUT2D eigenvalue weighted by Gasteiger charge is 2.13. The lowest BCUT2D eigenvalue weighted by Gasteiger charge is -2.12. The number of carbonyl (C=O) groups is 1. The van der Waals surface area contributed by atoms with E-state index in [1.807, 2.05) is 25.1 Å². The minimum Gasteiger partial charge on any atom is -0.463 e. The van der Waals surface area contributed by atoms with Gasteiger partial charge in [0.05, 0.1) is 13.7 Å². The SMILES string of the molecule is CCCCCSc1ccc(C)c(O/C(=C\CO)C(=O)OC)c1. The van der Waals surface area contributed by atoms with E-state index in [1.54, 1.807) is 11.8 Å². The molecule has 4 nitrogen and oxygen atoms in total. The van der Waals surface area contributed by atoms with Gasteiger partial charge in [-0.1, -0.05) is 25.8 Å². The van der Waals surface area contributed by atoms with Gasteiger partial charge in [0.2, 0.25) is 5.76 Å². The Kier molecular flexibility index (Phi) is 8.70. The number of hydrogen-bond acceptors (Lipinski definition) is 5. The number of benzene rings is 1. The summed E-state index contributed by atoms with van der Waals surface area (Å²) in [5.41, 5.74) is 0.922. The highest BCUT2D eigenvalue weighted by Crippen LogP contribution is 2.28. The molecule has 0 aliphatic heterocycles. The van der Waals surface area contributed by atoms with Crippen molar-refractivity contribution in [1.29, 1.82) is 0 Å². The number of ether oxygens (including phenoxy) is 2. The van der Waals surface area contributed by atoms with Crippen molar-refractivity contribution in [1.82, 2.24) is 0 Å². The monoisotopic (exact) mass is 324 g/mol. The molecule has 0 saturated heterocycles. The van der Waals surface area contributed by atoms with Gasteiger partial charge in [0.25, 0.3) is 0 Å². The maximum absolute atomic E-state index is 11.6. The Morgan fingerprint density at radius 1 is 1.36 bits per heavy atom. The van der Waals surface area contributed by atoms with E-state index in [1.165, 1.54) is 32.4 Å². The molecule has 0 spiro atoms. The maximum atomic E-state index is 11.6. The number of thioether (sulfide) groups is 1. The van der Waals surface area contributed by atoms with Crippen LogP contribution in [0, 0.1) is 6.92 Å². The number of aliphatic hydroxyl groups is 1. The topological polar surface area (TPSA) is 55.8 Å². The average Bonchev–Trinajstić information content (AvgIpc) is 2.53. The maximum Gasteiger partial charge on any atom is 0.373 e. The van der Waals surface area contributed by atoms with Crippen LogP contribution < -0.4 is 4.74 Å². The van der Waals surface area contributed by atoms with Crippen LogP contribution in [0.1, 0.15) is 31.7 Å². The highest BCUT2D eigenvalue weighted by molar-refractivity contribution is 7.99. The second kappa shape index (κ2) is 10.3. The number of aryl methyl sites for hydroxylation is 1. The fraction of sp³-hybridized carbons (Fsp3) is 0.471. The second-order valence-corrected chi connectivity index (χ2v) is 6.00. The standard InChI is InChI=1S/C17H24O4S/c1-4-5-6-11-22-14-8-7-13(2)16(12-14)21-15(9-10-18)17(19)20-3/h7-9,12,18H,4-6,10-11H2,1-3H3/b15-9-. The average molecular weight is 324 g/mol. The van der Waals surface area contributed by atoms with Crippen LogP contribution in [0.5, 0.6) is 5.75 Å². The third kappa shape index (κ3) is 6.12. The molecular weight excluding hydrogens is 300 g/mol. The van der Waals surface area contributed by atoms with Crippen LogP contribution in [0.25, 0.3) is 0 Å². The normalized spacial score (nSPS) is 11.4. The molecule has 0 bridgehead atoms. The molecule has 0 aliphatic carbocycles. The lowest BCUT2D eigenvalue weighted by molar-refractivity contribution is -0.138. The Morgan fingerprint density at radius 2 is 2.14 bits per heavy atom. The first-order valence-electron chi connectivity index (χ1n) is 7.43. The molecule has 122 valence electrons. The minimum atomic E-state index is -0.602. The summed E-state index contributed by atoms with van der Waals surface area (Å²) in [5, 5.41) is 8.98. The molecule has 0 aliphatic rings. The van der Waals surface area contributed by atoms with Crippen molar-refractivity contribution >= 4 is 17.7 Å². The van der Waals surface area contributed by atoms with Gasteiger partial charge < -0.3 is 14.6 Å². The van der Waals surface area contributed by atoms with Gasteiger partial charge in [-0.3, -0.25) is 0 Å². The van der Waals surface area contributed by atoms with E-state index in [4.69, 9.17) is 9.84 Å². The van der Waals surface area contributed by atoms with Gasteiger partial charge in [-0.25, -0.2) is 4.79 Å². The third-order valence-corrected chi connectivity index (χ3v) is 4.14. The van der Waals surface area contributed by atoms with Crippen molar-refractivity contribution < 1.29 is 19.4 Å². The predicted molar refractivity (Wildman–Crippen MR) is 89.2 cm³/mol. The summed E-state index contributed by atoms with van der Waals surface area (Å²) in [6.45, 7) is 3.81. The largest absolute Gasteiger partial charge is 0.463 e. The van der Waals surface area contributed by atoms with Gasteiger partial charge in [0.15, 0.2) is 0 Å². The molecule has 0 heterocycles. The van der Waals surface area contributed by atoms with Crippen molar-refractivity contribution in [3.05, 3.63) is 35.6 Å².